The number of benzene rings is 1. The van der Waals surface area contributed by atoms with Gasteiger partial charge in [0.15, 0.2) is 0 Å². The molecule has 7 heteroatoms. The molecular formula is C17H21N3O4. The third-order valence-electron chi connectivity index (χ3n) is 3.16. The smallest absolute Gasteiger partial charge is 0.337 e. The van der Waals surface area contributed by atoms with Crippen LogP contribution in [0.4, 0.5) is 5.69 Å². The number of nitriles is 1. The minimum absolute atomic E-state index is 0.0661. The van der Waals surface area contributed by atoms with Gasteiger partial charge in [-0.3, -0.25) is 9.79 Å². The standard InChI is InChI=1S/C17H21N3O4/c1-17(2,11-18)7-8-19-10-15(21)20-13-6-5-12(16(22)24-4)9-14(13)23-3/h5-6,8-9H,7,10H2,1-4H3,(H,20,21). The lowest BCUT2D eigenvalue weighted by molar-refractivity contribution is -0.114. The number of esters is 1. The van der Waals surface area contributed by atoms with Crippen LogP contribution in [0.5, 0.6) is 5.75 Å². The molecule has 0 saturated carbocycles. The molecule has 1 rings (SSSR count). The van der Waals surface area contributed by atoms with Crippen LogP contribution in [0.2, 0.25) is 0 Å². The fraction of sp³-hybridized carbons (Fsp3) is 0.412. The summed E-state index contributed by atoms with van der Waals surface area (Å²) in [6.07, 6.45) is 2.04. The molecule has 0 aromatic heterocycles. The summed E-state index contributed by atoms with van der Waals surface area (Å²) in [5, 5.41) is 11.6. The summed E-state index contributed by atoms with van der Waals surface area (Å²) in [5.74, 6) is -0.471. The Morgan fingerprint density at radius 1 is 1.38 bits per heavy atom. The zero-order valence-corrected chi connectivity index (χ0v) is 14.3. The summed E-state index contributed by atoms with van der Waals surface area (Å²) in [5.41, 5.74) is 0.249. The molecule has 7 nitrogen and oxygen atoms in total. The molecule has 0 unspecified atom stereocenters. The molecule has 0 fully saturated rings. The van der Waals surface area contributed by atoms with E-state index in [4.69, 9.17) is 10.00 Å². The van der Waals surface area contributed by atoms with E-state index in [0.717, 1.165) is 0 Å². The van der Waals surface area contributed by atoms with Gasteiger partial charge in [-0.05, 0) is 32.0 Å². The first kappa shape index (κ1) is 19.2. The van der Waals surface area contributed by atoms with E-state index >= 15 is 0 Å². The zero-order chi connectivity index (χ0) is 18.2. The Labute approximate surface area is 141 Å². The molecule has 1 N–H and O–H groups in total. The van der Waals surface area contributed by atoms with Crippen molar-refractivity contribution in [1.29, 1.82) is 5.26 Å². The quantitative estimate of drug-likeness (QED) is 0.611. The van der Waals surface area contributed by atoms with Gasteiger partial charge in [-0.1, -0.05) is 0 Å². The third-order valence-corrected chi connectivity index (χ3v) is 3.16. The Morgan fingerprint density at radius 2 is 2.08 bits per heavy atom. The Balaban J connectivity index is 2.69. The number of nitrogens with one attached hydrogen (secondary N) is 1. The lowest BCUT2D eigenvalue weighted by atomic mass is 9.92. The van der Waals surface area contributed by atoms with Crippen LogP contribution < -0.4 is 10.1 Å². The molecular weight excluding hydrogens is 310 g/mol. The molecule has 1 aromatic carbocycles. The van der Waals surface area contributed by atoms with Gasteiger partial charge in [-0.2, -0.15) is 5.26 Å². The highest BCUT2D eigenvalue weighted by Gasteiger charge is 2.15. The normalized spacial score (nSPS) is 11.0. The van der Waals surface area contributed by atoms with E-state index in [2.05, 4.69) is 21.1 Å². The molecule has 0 aliphatic rings. The van der Waals surface area contributed by atoms with Crippen molar-refractivity contribution in [2.45, 2.75) is 20.3 Å². The largest absolute Gasteiger partial charge is 0.495 e. The van der Waals surface area contributed by atoms with E-state index in [9.17, 15) is 9.59 Å². The average Bonchev–Trinajstić information content (AvgIpc) is 2.58. The molecule has 0 heterocycles. The number of hydrogen-bond acceptors (Lipinski definition) is 6. The van der Waals surface area contributed by atoms with Gasteiger partial charge in [0.25, 0.3) is 0 Å². The fourth-order valence-electron chi connectivity index (χ4n) is 1.71. The molecule has 24 heavy (non-hydrogen) atoms. The highest BCUT2D eigenvalue weighted by Crippen LogP contribution is 2.25. The Hall–Kier alpha value is -2.88. The molecule has 0 aliphatic heterocycles. The topological polar surface area (TPSA) is 101 Å². The average molecular weight is 331 g/mol. The van der Waals surface area contributed by atoms with Crippen LogP contribution in [-0.4, -0.2) is 38.9 Å². The van der Waals surface area contributed by atoms with Crippen molar-refractivity contribution in [2.75, 3.05) is 26.1 Å². The van der Waals surface area contributed by atoms with Crippen LogP contribution >= 0.6 is 0 Å². The van der Waals surface area contributed by atoms with Crippen molar-refractivity contribution in [1.82, 2.24) is 0 Å². The minimum Gasteiger partial charge on any atom is -0.495 e. The van der Waals surface area contributed by atoms with E-state index in [-0.39, 0.29) is 12.5 Å². The molecule has 0 aliphatic carbocycles. The van der Waals surface area contributed by atoms with Gasteiger partial charge >= 0.3 is 5.97 Å². The maximum Gasteiger partial charge on any atom is 0.337 e. The zero-order valence-electron chi connectivity index (χ0n) is 14.3. The summed E-state index contributed by atoms with van der Waals surface area (Å²) in [6.45, 7) is 3.53. The number of aliphatic imine (C=N–C) groups is 1. The first-order valence-electron chi connectivity index (χ1n) is 7.28. The predicted octanol–water partition coefficient (Wildman–Crippen LogP) is 2.43. The molecule has 1 amide bonds. The van der Waals surface area contributed by atoms with Crippen LogP contribution in [0, 0.1) is 16.7 Å². The molecule has 0 atom stereocenters. The number of ether oxygens (including phenoxy) is 2. The monoisotopic (exact) mass is 331 g/mol. The molecule has 0 bridgehead atoms. The second-order valence-electron chi connectivity index (χ2n) is 5.68. The van der Waals surface area contributed by atoms with Gasteiger partial charge < -0.3 is 14.8 Å². The van der Waals surface area contributed by atoms with Crippen molar-refractivity contribution < 1.29 is 19.1 Å². The van der Waals surface area contributed by atoms with Crippen LogP contribution in [0.1, 0.15) is 30.6 Å². The number of nitrogens with zero attached hydrogens (tertiary/aromatic N) is 2. The highest BCUT2D eigenvalue weighted by atomic mass is 16.5. The van der Waals surface area contributed by atoms with Crippen LogP contribution in [0.25, 0.3) is 0 Å². The van der Waals surface area contributed by atoms with E-state index in [1.807, 2.05) is 0 Å². The minimum atomic E-state index is -0.507. The number of anilines is 1. The summed E-state index contributed by atoms with van der Waals surface area (Å²) in [6, 6.07) is 6.74. The fourth-order valence-corrected chi connectivity index (χ4v) is 1.71. The first-order valence-corrected chi connectivity index (χ1v) is 7.28. The van der Waals surface area contributed by atoms with Crippen molar-refractivity contribution in [3.63, 3.8) is 0 Å². The highest BCUT2D eigenvalue weighted by molar-refractivity contribution is 5.96. The summed E-state index contributed by atoms with van der Waals surface area (Å²) in [4.78, 5) is 27.4. The molecule has 128 valence electrons. The van der Waals surface area contributed by atoms with Crippen LogP contribution in [0.15, 0.2) is 23.2 Å². The van der Waals surface area contributed by atoms with Gasteiger partial charge in [0, 0.05) is 12.6 Å². The van der Waals surface area contributed by atoms with E-state index in [1.54, 1.807) is 26.1 Å². The van der Waals surface area contributed by atoms with Crippen LogP contribution in [-0.2, 0) is 9.53 Å². The van der Waals surface area contributed by atoms with E-state index in [1.165, 1.54) is 26.4 Å². The maximum atomic E-state index is 11.9. The summed E-state index contributed by atoms with van der Waals surface area (Å²) in [7, 11) is 2.73. The summed E-state index contributed by atoms with van der Waals surface area (Å²) >= 11 is 0. The number of hydrogen-bond donors (Lipinski definition) is 1. The lowest BCUT2D eigenvalue weighted by Crippen LogP contribution is -2.16. The predicted molar refractivity (Wildman–Crippen MR) is 90.3 cm³/mol. The van der Waals surface area contributed by atoms with Gasteiger partial charge in [0.05, 0.1) is 37.0 Å². The summed E-state index contributed by atoms with van der Waals surface area (Å²) < 4.78 is 9.80. The Kier molecular flexibility index (Phi) is 6.93. The number of carbonyl (C=O) groups is 2. The number of amides is 1. The second kappa shape index (κ2) is 8.67. The van der Waals surface area contributed by atoms with Crippen molar-refractivity contribution in [3.8, 4) is 11.8 Å². The van der Waals surface area contributed by atoms with Gasteiger partial charge in [-0.25, -0.2) is 4.79 Å². The van der Waals surface area contributed by atoms with E-state index in [0.29, 0.717) is 23.4 Å². The van der Waals surface area contributed by atoms with Crippen molar-refractivity contribution in [3.05, 3.63) is 23.8 Å². The number of carbonyl (C=O) groups excluding carboxylic acids is 2. The number of methoxy groups -OCH3 is 2. The van der Waals surface area contributed by atoms with Crippen molar-refractivity contribution in [2.24, 2.45) is 10.4 Å². The van der Waals surface area contributed by atoms with Gasteiger partial charge in [-0.15, -0.1) is 0 Å². The second-order valence-corrected chi connectivity index (χ2v) is 5.68. The molecule has 1 aromatic rings. The van der Waals surface area contributed by atoms with Gasteiger partial charge in [0.1, 0.15) is 12.3 Å². The molecule has 0 saturated heterocycles. The first-order chi connectivity index (χ1) is 11.3. The Bertz CT molecular complexity index is 675. The lowest BCUT2D eigenvalue weighted by Gasteiger charge is -2.11. The van der Waals surface area contributed by atoms with E-state index < -0.39 is 11.4 Å². The molecule has 0 spiro atoms. The Morgan fingerprint density at radius 3 is 2.67 bits per heavy atom. The molecule has 0 radical (unpaired) electrons. The maximum absolute atomic E-state index is 11.9. The SMILES string of the molecule is COC(=O)c1ccc(NC(=O)CN=CCC(C)(C)C#N)c(OC)c1. The van der Waals surface area contributed by atoms with Gasteiger partial charge in [0.2, 0.25) is 5.91 Å². The van der Waals surface area contributed by atoms with Crippen molar-refractivity contribution >= 4 is 23.8 Å². The van der Waals surface area contributed by atoms with Crippen LogP contribution in [0.3, 0.4) is 0 Å². The third kappa shape index (κ3) is 5.72. The number of rotatable bonds is 7.